The van der Waals surface area contributed by atoms with E-state index >= 15 is 0 Å². The number of carbonyl (C=O) groups is 1. The Labute approximate surface area is 91.3 Å². The molecule has 0 aliphatic heterocycles. The second kappa shape index (κ2) is 4.51. The Hall–Kier alpha value is -2.25. The van der Waals surface area contributed by atoms with E-state index in [-0.39, 0.29) is 12.5 Å². The van der Waals surface area contributed by atoms with Gasteiger partial charge in [-0.15, -0.1) is 0 Å². The summed E-state index contributed by atoms with van der Waals surface area (Å²) in [5, 5.41) is 10.3. The molecule has 0 spiro atoms. The van der Waals surface area contributed by atoms with Gasteiger partial charge in [0.2, 0.25) is 5.91 Å². The van der Waals surface area contributed by atoms with Crippen molar-refractivity contribution in [2.45, 2.75) is 13.1 Å². The van der Waals surface area contributed by atoms with E-state index in [1.54, 1.807) is 11.9 Å². The zero-order chi connectivity index (χ0) is 11.4. The second-order valence-corrected chi connectivity index (χ2v) is 3.28. The van der Waals surface area contributed by atoms with Gasteiger partial charge in [-0.05, 0) is 0 Å². The maximum absolute atomic E-state index is 11.7. The first kappa shape index (κ1) is 10.3. The predicted molar refractivity (Wildman–Crippen MR) is 52.9 cm³/mol. The Bertz CT molecular complexity index is 435. The molecule has 0 atom stereocenters. The highest BCUT2D eigenvalue weighted by Crippen LogP contribution is 1.96. The molecule has 2 aromatic rings. The number of rotatable bonds is 4. The summed E-state index contributed by atoms with van der Waals surface area (Å²) in [6.45, 7) is 0.568. The number of nitrogens with zero attached hydrogens (tertiary/aromatic N) is 6. The van der Waals surface area contributed by atoms with Crippen LogP contribution in [0.25, 0.3) is 0 Å². The van der Waals surface area contributed by atoms with Gasteiger partial charge in [0.05, 0.1) is 6.54 Å². The van der Waals surface area contributed by atoms with Crippen LogP contribution >= 0.6 is 0 Å². The first-order chi connectivity index (χ1) is 7.75. The molecule has 2 heterocycles. The molecule has 0 unspecified atom stereocenters. The number of carbonyl (C=O) groups excluding carboxylic acids is 1. The summed E-state index contributed by atoms with van der Waals surface area (Å²) in [4.78, 5) is 21.0. The Balaban J connectivity index is 1.90. The third-order valence-electron chi connectivity index (χ3n) is 2.04. The molecule has 1 amide bonds. The third-order valence-corrected chi connectivity index (χ3v) is 2.04. The molecule has 2 aromatic heterocycles. The van der Waals surface area contributed by atoms with Crippen molar-refractivity contribution in [1.29, 1.82) is 0 Å². The predicted octanol–water partition coefficient (Wildman–Crippen LogP) is -0.945. The summed E-state index contributed by atoms with van der Waals surface area (Å²) in [6.07, 6.45) is 4.30. The van der Waals surface area contributed by atoms with Crippen molar-refractivity contribution in [3.63, 3.8) is 0 Å². The first-order valence-electron chi connectivity index (χ1n) is 4.66. The molecule has 16 heavy (non-hydrogen) atoms. The number of likely N-dealkylation sites (N-methyl/N-ethyl adjacent to an activating group) is 1. The number of aromatic amines is 1. The summed E-state index contributed by atoms with van der Waals surface area (Å²) in [5.74, 6) is 0.580. The Morgan fingerprint density at radius 3 is 3.06 bits per heavy atom. The number of hydrogen-bond acceptors (Lipinski definition) is 5. The zero-order valence-electron chi connectivity index (χ0n) is 8.74. The molecule has 0 bridgehead atoms. The summed E-state index contributed by atoms with van der Waals surface area (Å²) in [6, 6.07) is 0. The fraction of sp³-hybridized carbons (Fsp3) is 0.375. The normalized spacial score (nSPS) is 10.3. The lowest BCUT2D eigenvalue weighted by atomic mass is 10.4. The minimum Gasteiger partial charge on any atom is -0.337 e. The van der Waals surface area contributed by atoms with Crippen LogP contribution in [0, 0.1) is 0 Å². The van der Waals surface area contributed by atoms with Crippen LogP contribution in [0.2, 0.25) is 0 Å². The molecule has 2 rings (SSSR count). The Morgan fingerprint density at radius 2 is 2.44 bits per heavy atom. The molecule has 8 heteroatoms. The molecule has 0 saturated carbocycles. The van der Waals surface area contributed by atoms with Gasteiger partial charge in [0.25, 0.3) is 0 Å². The molecule has 0 aliphatic rings. The van der Waals surface area contributed by atoms with Crippen molar-refractivity contribution in [1.82, 2.24) is 34.8 Å². The van der Waals surface area contributed by atoms with E-state index < -0.39 is 0 Å². The van der Waals surface area contributed by atoms with Gasteiger partial charge in [0.1, 0.15) is 31.4 Å². The van der Waals surface area contributed by atoms with Crippen molar-refractivity contribution >= 4 is 5.91 Å². The van der Waals surface area contributed by atoms with Gasteiger partial charge in [0, 0.05) is 7.05 Å². The smallest absolute Gasteiger partial charge is 0.244 e. The topological polar surface area (TPSA) is 92.6 Å². The largest absolute Gasteiger partial charge is 0.337 e. The van der Waals surface area contributed by atoms with Crippen LogP contribution in [0.3, 0.4) is 0 Å². The van der Waals surface area contributed by atoms with Gasteiger partial charge in [-0.3, -0.25) is 9.89 Å². The van der Waals surface area contributed by atoms with Crippen LogP contribution in [0.5, 0.6) is 0 Å². The Kier molecular flexibility index (Phi) is 2.90. The zero-order valence-corrected chi connectivity index (χ0v) is 8.74. The third kappa shape index (κ3) is 2.41. The number of nitrogens with one attached hydrogen (secondary N) is 1. The van der Waals surface area contributed by atoms with Crippen molar-refractivity contribution in [2.24, 2.45) is 0 Å². The molecule has 84 valence electrons. The van der Waals surface area contributed by atoms with Crippen LogP contribution in [0.1, 0.15) is 5.82 Å². The standard InChI is InChI=1S/C8H11N7O/c1-14(2-7-10-5-11-13-7)8(16)3-15-6-9-4-12-15/h4-6H,2-3H2,1H3,(H,10,11,13). The average Bonchev–Trinajstić information content (AvgIpc) is 2.90. The fourth-order valence-electron chi connectivity index (χ4n) is 1.19. The summed E-state index contributed by atoms with van der Waals surface area (Å²) < 4.78 is 1.47. The quantitative estimate of drug-likeness (QED) is 0.718. The summed E-state index contributed by atoms with van der Waals surface area (Å²) >= 11 is 0. The van der Waals surface area contributed by atoms with Crippen LogP contribution in [0.15, 0.2) is 19.0 Å². The second-order valence-electron chi connectivity index (χ2n) is 3.28. The molecule has 8 nitrogen and oxygen atoms in total. The number of aromatic nitrogens is 6. The van der Waals surface area contributed by atoms with E-state index in [0.717, 1.165) is 0 Å². The van der Waals surface area contributed by atoms with E-state index in [4.69, 9.17) is 0 Å². The molecule has 0 fully saturated rings. The summed E-state index contributed by atoms with van der Waals surface area (Å²) in [7, 11) is 1.70. The molecule has 0 aromatic carbocycles. The van der Waals surface area contributed by atoms with E-state index in [0.29, 0.717) is 12.4 Å². The van der Waals surface area contributed by atoms with Gasteiger partial charge in [-0.25, -0.2) is 14.6 Å². The maximum atomic E-state index is 11.7. The highest BCUT2D eigenvalue weighted by molar-refractivity contribution is 5.75. The Morgan fingerprint density at radius 1 is 1.56 bits per heavy atom. The summed E-state index contributed by atoms with van der Waals surface area (Å²) in [5.41, 5.74) is 0. The number of H-pyrrole nitrogens is 1. The van der Waals surface area contributed by atoms with Crippen LogP contribution < -0.4 is 0 Å². The molecular formula is C8H11N7O. The van der Waals surface area contributed by atoms with Crippen LogP contribution in [-0.2, 0) is 17.9 Å². The van der Waals surface area contributed by atoms with Crippen molar-refractivity contribution in [3.05, 3.63) is 24.8 Å². The lowest BCUT2D eigenvalue weighted by Crippen LogP contribution is -2.30. The highest BCUT2D eigenvalue weighted by atomic mass is 16.2. The molecule has 0 radical (unpaired) electrons. The van der Waals surface area contributed by atoms with Crippen LogP contribution in [-0.4, -0.2) is 47.8 Å². The molecule has 0 saturated heterocycles. The van der Waals surface area contributed by atoms with E-state index in [1.165, 1.54) is 23.7 Å². The van der Waals surface area contributed by atoms with Crippen molar-refractivity contribution in [3.8, 4) is 0 Å². The van der Waals surface area contributed by atoms with E-state index in [2.05, 4.69) is 25.3 Å². The number of hydrogen-bond donors (Lipinski definition) is 1. The lowest BCUT2D eigenvalue weighted by molar-refractivity contribution is -0.131. The van der Waals surface area contributed by atoms with Gasteiger partial charge in [0.15, 0.2) is 0 Å². The van der Waals surface area contributed by atoms with Gasteiger partial charge >= 0.3 is 0 Å². The van der Waals surface area contributed by atoms with E-state index in [9.17, 15) is 4.79 Å². The van der Waals surface area contributed by atoms with Crippen molar-refractivity contribution < 1.29 is 4.79 Å². The van der Waals surface area contributed by atoms with Gasteiger partial charge in [-0.2, -0.15) is 10.2 Å². The SMILES string of the molecule is CN(Cc1ncn[nH]1)C(=O)Cn1cncn1. The van der Waals surface area contributed by atoms with Gasteiger partial charge in [-0.1, -0.05) is 0 Å². The minimum atomic E-state index is -0.0677. The maximum Gasteiger partial charge on any atom is 0.244 e. The first-order valence-corrected chi connectivity index (χ1v) is 4.66. The highest BCUT2D eigenvalue weighted by Gasteiger charge is 2.11. The molecular weight excluding hydrogens is 210 g/mol. The molecule has 1 N–H and O–H groups in total. The average molecular weight is 221 g/mol. The molecule has 0 aliphatic carbocycles. The van der Waals surface area contributed by atoms with Crippen LogP contribution in [0.4, 0.5) is 0 Å². The minimum absolute atomic E-state index is 0.0677. The van der Waals surface area contributed by atoms with Gasteiger partial charge < -0.3 is 4.90 Å². The monoisotopic (exact) mass is 221 g/mol. The fourth-order valence-corrected chi connectivity index (χ4v) is 1.19. The number of amides is 1. The van der Waals surface area contributed by atoms with Crippen molar-refractivity contribution in [2.75, 3.05) is 7.05 Å². The van der Waals surface area contributed by atoms with E-state index in [1.807, 2.05) is 0 Å². The lowest BCUT2D eigenvalue weighted by Gasteiger charge is -2.14.